The quantitative estimate of drug-likeness (QED) is 0.585. The Hall–Kier alpha value is -3.24. The van der Waals surface area contributed by atoms with Crippen molar-refractivity contribution in [2.45, 2.75) is 18.7 Å². The minimum atomic E-state index is -3.68. The number of esters is 2. The van der Waals surface area contributed by atoms with Gasteiger partial charge < -0.3 is 14.8 Å². The van der Waals surface area contributed by atoms with Crippen molar-refractivity contribution in [3.05, 3.63) is 59.7 Å². The first-order chi connectivity index (χ1) is 14.7. The maximum Gasteiger partial charge on any atom is 0.339 e. The van der Waals surface area contributed by atoms with E-state index in [1.807, 2.05) is 0 Å². The number of rotatable bonds is 9. The van der Waals surface area contributed by atoms with Crippen molar-refractivity contribution in [1.82, 2.24) is 4.31 Å². The highest BCUT2D eigenvalue weighted by molar-refractivity contribution is 7.89. The summed E-state index contributed by atoms with van der Waals surface area (Å²) in [4.78, 5) is 36.3. The molecule has 1 N–H and O–H groups in total. The molecule has 0 radical (unpaired) electrons. The van der Waals surface area contributed by atoms with E-state index >= 15 is 0 Å². The van der Waals surface area contributed by atoms with Gasteiger partial charge in [-0.2, -0.15) is 4.31 Å². The Balaban J connectivity index is 2.06. The number of benzene rings is 2. The van der Waals surface area contributed by atoms with Gasteiger partial charge in [0.05, 0.1) is 23.1 Å². The third kappa shape index (κ3) is 5.89. The summed E-state index contributed by atoms with van der Waals surface area (Å²) in [7, 11) is -2.50. The van der Waals surface area contributed by atoms with Crippen LogP contribution in [0.15, 0.2) is 53.4 Å². The Morgan fingerprint density at radius 2 is 1.55 bits per heavy atom. The summed E-state index contributed by atoms with van der Waals surface area (Å²) in [6.07, 6.45) is 0. The molecule has 0 saturated heterocycles. The second kappa shape index (κ2) is 10.7. The van der Waals surface area contributed by atoms with Crippen molar-refractivity contribution in [2.24, 2.45) is 0 Å². The zero-order chi connectivity index (χ0) is 23.0. The maximum atomic E-state index is 12.6. The Bertz CT molecular complexity index is 1060. The van der Waals surface area contributed by atoms with Crippen molar-refractivity contribution >= 4 is 33.6 Å². The summed E-state index contributed by atoms with van der Waals surface area (Å²) in [6, 6.07) is 11.7. The normalized spacial score (nSPS) is 11.1. The lowest BCUT2D eigenvalue weighted by Gasteiger charge is -2.18. The van der Waals surface area contributed by atoms with Gasteiger partial charge in [0.1, 0.15) is 0 Å². The van der Waals surface area contributed by atoms with E-state index in [2.05, 4.69) is 10.1 Å². The number of carbonyl (C=O) groups excluding carboxylic acids is 3. The molecule has 166 valence electrons. The van der Waals surface area contributed by atoms with Crippen molar-refractivity contribution < 1.29 is 32.3 Å². The topological polar surface area (TPSA) is 119 Å². The minimum Gasteiger partial charge on any atom is -0.465 e. The van der Waals surface area contributed by atoms with Crippen molar-refractivity contribution in [3.63, 3.8) is 0 Å². The summed E-state index contributed by atoms with van der Waals surface area (Å²) < 4.78 is 36.2. The number of nitrogens with zero attached hydrogens (tertiary/aromatic N) is 1. The molecule has 0 spiro atoms. The average molecular weight is 448 g/mol. The number of sulfonamides is 1. The average Bonchev–Trinajstić information content (AvgIpc) is 2.77. The lowest BCUT2D eigenvalue weighted by Crippen LogP contribution is -2.30. The first-order valence-electron chi connectivity index (χ1n) is 9.49. The molecule has 2 aromatic rings. The van der Waals surface area contributed by atoms with Gasteiger partial charge >= 0.3 is 11.9 Å². The van der Waals surface area contributed by atoms with Gasteiger partial charge in [0.2, 0.25) is 10.0 Å². The molecule has 0 unspecified atom stereocenters. The number of anilines is 1. The highest BCUT2D eigenvalue weighted by Crippen LogP contribution is 2.19. The number of carbonyl (C=O) groups is 3. The molecule has 0 aliphatic carbocycles. The maximum absolute atomic E-state index is 12.6. The first-order valence-corrected chi connectivity index (χ1v) is 10.9. The number of amides is 1. The molecule has 0 saturated carbocycles. The van der Waals surface area contributed by atoms with Gasteiger partial charge in [0.25, 0.3) is 5.91 Å². The highest BCUT2D eigenvalue weighted by atomic mass is 32.2. The van der Waals surface area contributed by atoms with Gasteiger partial charge in [-0.05, 0) is 30.3 Å². The lowest BCUT2D eigenvalue weighted by atomic mass is 10.1. The van der Waals surface area contributed by atoms with Crippen LogP contribution in [0.25, 0.3) is 0 Å². The summed E-state index contributed by atoms with van der Waals surface area (Å²) >= 11 is 0. The molecule has 1 amide bonds. The van der Waals surface area contributed by atoms with Crippen molar-refractivity contribution in [1.29, 1.82) is 0 Å². The third-order valence-electron chi connectivity index (χ3n) is 4.35. The van der Waals surface area contributed by atoms with Gasteiger partial charge in [0, 0.05) is 18.8 Å². The molecule has 0 fully saturated rings. The van der Waals surface area contributed by atoms with Crippen LogP contribution in [-0.4, -0.2) is 57.4 Å². The Morgan fingerprint density at radius 3 is 2.13 bits per heavy atom. The SMILES string of the molecule is CCN(CC)S(=O)(=O)c1cccc(NC(=O)COC(=O)c2ccccc2C(=O)OC)c1. The number of hydrogen-bond acceptors (Lipinski definition) is 7. The fourth-order valence-electron chi connectivity index (χ4n) is 2.80. The third-order valence-corrected chi connectivity index (χ3v) is 6.39. The number of hydrogen-bond donors (Lipinski definition) is 1. The zero-order valence-corrected chi connectivity index (χ0v) is 18.3. The molecule has 2 aromatic carbocycles. The van der Waals surface area contributed by atoms with E-state index in [-0.39, 0.29) is 21.7 Å². The molecule has 2 rings (SSSR count). The Morgan fingerprint density at radius 1 is 0.935 bits per heavy atom. The van der Waals surface area contributed by atoms with Gasteiger partial charge in [0.15, 0.2) is 6.61 Å². The van der Waals surface area contributed by atoms with E-state index in [9.17, 15) is 22.8 Å². The summed E-state index contributed by atoms with van der Waals surface area (Å²) in [5, 5.41) is 2.49. The molecule has 0 aromatic heterocycles. The molecule has 0 aliphatic rings. The van der Waals surface area contributed by atoms with E-state index in [4.69, 9.17) is 4.74 Å². The van der Waals surface area contributed by atoms with Gasteiger partial charge in [-0.1, -0.05) is 32.0 Å². The number of methoxy groups -OCH3 is 1. The zero-order valence-electron chi connectivity index (χ0n) is 17.5. The van der Waals surface area contributed by atoms with Crippen LogP contribution in [0.5, 0.6) is 0 Å². The smallest absolute Gasteiger partial charge is 0.339 e. The van der Waals surface area contributed by atoms with Crippen LogP contribution in [0.4, 0.5) is 5.69 Å². The Kier molecular flexibility index (Phi) is 8.29. The van der Waals surface area contributed by atoms with Gasteiger partial charge in [-0.3, -0.25) is 4.79 Å². The van der Waals surface area contributed by atoms with Crippen LogP contribution < -0.4 is 5.32 Å². The van der Waals surface area contributed by atoms with Crippen LogP contribution in [0.3, 0.4) is 0 Å². The standard InChI is InChI=1S/C21H24N2O7S/c1-4-23(5-2)31(27,28)16-10-8-9-15(13-16)22-19(24)14-30-21(26)18-12-7-6-11-17(18)20(25)29-3/h6-13H,4-5,14H2,1-3H3,(H,22,24). The monoisotopic (exact) mass is 448 g/mol. The Labute approximate surface area is 181 Å². The fourth-order valence-corrected chi connectivity index (χ4v) is 4.31. The molecule has 9 nitrogen and oxygen atoms in total. The summed E-state index contributed by atoms with van der Waals surface area (Å²) in [5.74, 6) is -2.24. The van der Waals surface area contributed by atoms with Crippen LogP contribution >= 0.6 is 0 Å². The molecule has 0 aliphatic heterocycles. The van der Waals surface area contributed by atoms with Crippen LogP contribution in [-0.2, 0) is 24.3 Å². The second-order valence-corrected chi connectivity index (χ2v) is 8.22. The van der Waals surface area contributed by atoms with E-state index in [1.54, 1.807) is 26.0 Å². The minimum absolute atomic E-state index is 0.0183. The predicted octanol–water partition coefficient (Wildman–Crippen LogP) is 2.30. The van der Waals surface area contributed by atoms with E-state index < -0.39 is 34.5 Å². The fraction of sp³-hybridized carbons (Fsp3) is 0.286. The van der Waals surface area contributed by atoms with Crippen molar-refractivity contribution in [2.75, 3.05) is 32.1 Å². The van der Waals surface area contributed by atoms with E-state index in [1.165, 1.54) is 47.8 Å². The molecule has 0 heterocycles. The highest BCUT2D eigenvalue weighted by Gasteiger charge is 2.22. The summed E-state index contributed by atoms with van der Waals surface area (Å²) in [5.41, 5.74) is 0.225. The predicted molar refractivity (Wildman–Crippen MR) is 113 cm³/mol. The molecular formula is C21H24N2O7S. The molecule has 10 heteroatoms. The molecule has 0 bridgehead atoms. The van der Waals surface area contributed by atoms with Crippen LogP contribution in [0.1, 0.15) is 34.6 Å². The van der Waals surface area contributed by atoms with Gasteiger partial charge in [-0.15, -0.1) is 0 Å². The van der Waals surface area contributed by atoms with Crippen molar-refractivity contribution in [3.8, 4) is 0 Å². The number of nitrogens with one attached hydrogen (secondary N) is 1. The lowest BCUT2D eigenvalue weighted by molar-refractivity contribution is -0.119. The van der Waals surface area contributed by atoms with Gasteiger partial charge in [-0.25, -0.2) is 18.0 Å². The second-order valence-electron chi connectivity index (χ2n) is 6.28. The molecular weight excluding hydrogens is 424 g/mol. The summed E-state index contributed by atoms with van der Waals surface area (Å²) in [6.45, 7) is 3.48. The largest absolute Gasteiger partial charge is 0.465 e. The van der Waals surface area contributed by atoms with Crippen LogP contribution in [0.2, 0.25) is 0 Å². The molecule has 31 heavy (non-hydrogen) atoms. The van der Waals surface area contributed by atoms with E-state index in [0.29, 0.717) is 13.1 Å². The van der Waals surface area contributed by atoms with Crippen LogP contribution in [0, 0.1) is 0 Å². The van der Waals surface area contributed by atoms with E-state index in [0.717, 1.165) is 0 Å². The molecule has 0 atom stereocenters. The number of ether oxygens (including phenoxy) is 2. The first kappa shape index (κ1) is 24.0.